The van der Waals surface area contributed by atoms with Crippen LogP contribution in [-0.2, 0) is 9.36 Å². The minimum Gasteiger partial charge on any atom is -0.481 e. The van der Waals surface area contributed by atoms with Crippen LogP contribution in [0.5, 0.6) is 0 Å². The van der Waals surface area contributed by atoms with Gasteiger partial charge in [0, 0.05) is 6.16 Å². The maximum absolute atomic E-state index is 11.7. The third-order valence-corrected chi connectivity index (χ3v) is 4.51. The summed E-state index contributed by atoms with van der Waals surface area (Å²) >= 11 is 0. The molecule has 0 spiro atoms. The fourth-order valence-electron chi connectivity index (χ4n) is 1.25. The van der Waals surface area contributed by atoms with Crippen LogP contribution in [0.2, 0.25) is 0 Å². The predicted octanol–water partition coefficient (Wildman–Crippen LogP) is 1.31. The summed E-state index contributed by atoms with van der Waals surface area (Å²) < 4.78 is 11.7. The Morgan fingerprint density at radius 2 is 1.87 bits per heavy atom. The average Bonchev–Trinajstić information content (AvgIpc) is 2.01. The third-order valence-electron chi connectivity index (χ3n) is 2.19. The number of aliphatic carboxylic acids is 1. The monoisotopic (exact) mass is 237 g/mol. The Balaban J connectivity index is 4.41. The standard InChI is InChI=1S/C9H20NO4P/c1-6(2)4-8(10)15(13,14)5-7(3)9(11)12/h6-8H,4-5,10H2,1-3H3,(H,11,12)(H,13,14)/t7-,8+/m0/s1. The van der Waals surface area contributed by atoms with Crippen molar-refractivity contribution in [1.82, 2.24) is 0 Å². The molecule has 15 heavy (non-hydrogen) atoms. The highest BCUT2D eigenvalue weighted by Crippen LogP contribution is 2.47. The molecule has 0 rings (SSSR count). The topological polar surface area (TPSA) is 101 Å². The zero-order valence-corrected chi connectivity index (χ0v) is 10.3. The van der Waals surface area contributed by atoms with E-state index in [1.807, 2.05) is 13.8 Å². The maximum Gasteiger partial charge on any atom is 0.306 e. The van der Waals surface area contributed by atoms with Crippen molar-refractivity contribution in [2.45, 2.75) is 33.0 Å². The minimum atomic E-state index is -3.55. The third kappa shape index (κ3) is 5.30. The van der Waals surface area contributed by atoms with Crippen LogP contribution in [0.4, 0.5) is 0 Å². The van der Waals surface area contributed by atoms with Crippen molar-refractivity contribution in [3.63, 3.8) is 0 Å². The van der Waals surface area contributed by atoms with Gasteiger partial charge in [-0.15, -0.1) is 0 Å². The largest absolute Gasteiger partial charge is 0.481 e. The normalized spacial score (nSPS) is 19.6. The summed E-state index contributed by atoms with van der Waals surface area (Å²) in [5.74, 6) is -2.50. The summed E-state index contributed by atoms with van der Waals surface area (Å²) in [7, 11) is -3.55. The highest BCUT2D eigenvalue weighted by Gasteiger charge is 2.32. The molecule has 0 aromatic rings. The first-order valence-corrected chi connectivity index (χ1v) is 6.88. The van der Waals surface area contributed by atoms with Gasteiger partial charge in [0.25, 0.3) is 0 Å². The maximum atomic E-state index is 11.7. The summed E-state index contributed by atoms with van der Waals surface area (Å²) in [6.07, 6.45) is 0.177. The van der Waals surface area contributed by atoms with Gasteiger partial charge in [-0.3, -0.25) is 9.36 Å². The van der Waals surface area contributed by atoms with E-state index in [-0.39, 0.29) is 12.1 Å². The van der Waals surface area contributed by atoms with E-state index in [2.05, 4.69) is 0 Å². The van der Waals surface area contributed by atoms with Crippen molar-refractivity contribution in [2.75, 3.05) is 6.16 Å². The van der Waals surface area contributed by atoms with Crippen LogP contribution in [0.3, 0.4) is 0 Å². The van der Waals surface area contributed by atoms with Crippen LogP contribution in [0, 0.1) is 11.8 Å². The molecule has 90 valence electrons. The fraction of sp³-hybridized carbons (Fsp3) is 0.889. The van der Waals surface area contributed by atoms with E-state index < -0.39 is 25.0 Å². The molecular weight excluding hydrogens is 217 g/mol. The molecule has 0 aromatic heterocycles. The molecule has 0 saturated heterocycles. The number of carbonyl (C=O) groups is 1. The second kappa shape index (κ2) is 5.64. The Hall–Kier alpha value is -0.380. The summed E-state index contributed by atoms with van der Waals surface area (Å²) in [6, 6.07) is 0. The molecule has 5 nitrogen and oxygen atoms in total. The number of carboxylic acids is 1. The van der Waals surface area contributed by atoms with E-state index in [9.17, 15) is 14.3 Å². The lowest BCUT2D eigenvalue weighted by molar-refractivity contribution is -0.140. The van der Waals surface area contributed by atoms with E-state index in [1.54, 1.807) is 0 Å². The molecule has 0 radical (unpaired) electrons. The van der Waals surface area contributed by atoms with E-state index in [0.717, 1.165) is 0 Å². The number of rotatable bonds is 6. The van der Waals surface area contributed by atoms with Crippen molar-refractivity contribution >= 4 is 13.3 Å². The molecule has 0 amide bonds. The summed E-state index contributed by atoms with van der Waals surface area (Å²) in [4.78, 5) is 20.2. The van der Waals surface area contributed by atoms with Crippen LogP contribution >= 0.6 is 7.37 Å². The van der Waals surface area contributed by atoms with Crippen molar-refractivity contribution in [1.29, 1.82) is 0 Å². The highest BCUT2D eigenvalue weighted by molar-refractivity contribution is 7.58. The highest BCUT2D eigenvalue weighted by atomic mass is 31.2. The molecule has 3 atom stereocenters. The van der Waals surface area contributed by atoms with Crippen molar-refractivity contribution in [3.05, 3.63) is 0 Å². The quantitative estimate of drug-likeness (QED) is 0.604. The molecular formula is C9H20NO4P. The Bertz CT molecular complexity index is 267. The van der Waals surface area contributed by atoms with Crippen LogP contribution < -0.4 is 5.73 Å². The first-order valence-electron chi connectivity index (χ1n) is 4.96. The predicted molar refractivity (Wildman–Crippen MR) is 58.9 cm³/mol. The van der Waals surface area contributed by atoms with Crippen molar-refractivity contribution in [3.8, 4) is 0 Å². The smallest absolute Gasteiger partial charge is 0.306 e. The molecule has 0 fully saturated rings. The average molecular weight is 237 g/mol. The van der Waals surface area contributed by atoms with Crippen molar-refractivity contribution < 1.29 is 19.4 Å². The number of carboxylic acid groups (broad SMARTS) is 1. The number of hydrogen-bond donors (Lipinski definition) is 3. The van der Waals surface area contributed by atoms with E-state index in [1.165, 1.54) is 6.92 Å². The molecule has 4 N–H and O–H groups in total. The molecule has 0 aliphatic rings. The molecule has 0 aromatic carbocycles. The fourth-order valence-corrected chi connectivity index (χ4v) is 3.22. The molecule has 0 aliphatic carbocycles. The zero-order chi connectivity index (χ0) is 12.2. The molecule has 6 heteroatoms. The number of nitrogens with two attached hydrogens (primary N) is 1. The lowest BCUT2D eigenvalue weighted by Crippen LogP contribution is -2.26. The molecule has 0 aliphatic heterocycles. The minimum absolute atomic E-state index is 0.223. The lowest BCUT2D eigenvalue weighted by Gasteiger charge is -2.22. The van der Waals surface area contributed by atoms with Gasteiger partial charge in [0.2, 0.25) is 7.37 Å². The van der Waals surface area contributed by atoms with E-state index in [4.69, 9.17) is 10.8 Å². The van der Waals surface area contributed by atoms with Gasteiger partial charge in [-0.2, -0.15) is 0 Å². The molecule has 0 bridgehead atoms. The molecule has 0 saturated carbocycles. The summed E-state index contributed by atoms with van der Waals surface area (Å²) in [5.41, 5.74) is 5.59. The lowest BCUT2D eigenvalue weighted by atomic mass is 10.1. The van der Waals surface area contributed by atoms with Crippen LogP contribution in [0.1, 0.15) is 27.2 Å². The van der Waals surface area contributed by atoms with Gasteiger partial charge >= 0.3 is 5.97 Å². The SMILES string of the molecule is CC(C)C[C@H](N)P(=O)(O)C[C@H](C)C(=O)O. The summed E-state index contributed by atoms with van der Waals surface area (Å²) in [6.45, 7) is 5.22. The van der Waals surface area contributed by atoms with Gasteiger partial charge in [-0.1, -0.05) is 20.8 Å². The van der Waals surface area contributed by atoms with Gasteiger partial charge < -0.3 is 15.7 Å². The van der Waals surface area contributed by atoms with Crippen LogP contribution in [0.15, 0.2) is 0 Å². The Morgan fingerprint density at radius 1 is 1.40 bits per heavy atom. The Kier molecular flexibility index (Phi) is 5.49. The molecule has 1 unspecified atom stereocenters. The van der Waals surface area contributed by atoms with Gasteiger partial charge in [0.05, 0.1) is 11.7 Å². The van der Waals surface area contributed by atoms with Gasteiger partial charge in [0.1, 0.15) is 0 Å². The second-order valence-corrected chi connectivity index (χ2v) is 6.91. The van der Waals surface area contributed by atoms with Gasteiger partial charge in [0.15, 0.2) is 0 Å². The van der Waals surface area contributed by atoms with E-state index >= 15 is 0 Å². The van der Waals surface area contributed by atoms with Crippen LogP contribution in [0.25, 0.3) is 0 Å². The van der Waals surface area contributed by atoms with Gasteiger partial charge in [-0.25, -0.2) is 0 Å². The van der Waals surface area contributed by atoms with E-state index in [0.29, 0.717) is 6.42 Å². The Morgan fingerprint density at radius 3 is 2.20 bits per heavy atom. The first kappa shape index (κ1) is 14.6. The Labute approximate surface area is 90.1 Å². The summed E-state index contributed by atoms with van der Waals surface area (Å²) in [5, 5.41) is 8.64. The second-order valence-electron chi connectivity index (χ2n) is 4.37. The zero-order valence-electron chi connectivity index (χ0n) is 9.38. The van der Waals surface area contributed by atoms with Crippen LogP contribution in [-0.4, -0.2) is 27.9 Å². The first-order chi connectivity index (χ1) is 6.66. The molecule has 0 heterocycles. The van der Waals surface area contributed by atoms with Gasteiger partial charge in [-0.05, 0) is 12.3 Å². The van der Waals surface area contributed by atoms with Crippen molar-refractivity contribution in [2.24, 2.45) is 17.6 Å². The number of hydrogen-bond acceptors (Lipinski definition) is 3.